The summed E-state index contributed by atoms with van der Waals surface area (Å²) in [5.41, 5.74) is 0.626. The van der Waals surface area contributed by atoms with Gasteiger partial charge in [-0.25, -0.2) is 4.39 Å². The molecule has 5 nitrogen and oxygen atoms in total. The number of unbranched alkanes of at least 4 members (excludes halogenated alkanes) is 1. The number of ketones is 1. The fraction of sp³-hybridized carbons (Fsp3) is 0.238. The Hall–Kier alpha value is -2.86. The molecule has 2 N–H and O–H groups in total. The number of hydrogen-bond acceptors (Lipinski definition) is 4. The van der Waals surface area contributed by atoms with Gasteiger partial charge in [0.2, 0.25) is 0 Å². The lowest BCUT2D eigenvalue weighted by molar-refractivity contribution is -0.139. The monoisotopic (exact) mass is 403 g/mol. The van der Waals surface area contributed by atoms with Gasteiger partial charge in [-0.1, -0.05) is 31.0 Å². The lowest BCUT2D eigenvalue weighted by atomic mass is 9.95. The number of carbonyl (C=O) groups excluding carboxylic acids is 2. The molecule has 1 unspecified atom stereocenters. The minimum Gasteiger partial charge on any atom is -0.507 e. The van der Waals surface area contributed by atoms with E-state index in [9.17, 15) is 24.2 Å². The zero-order chi connectivity index (χ0) is 20.4. The second-order valence-electron chi connectivity index (χ2n) is 6.56. The molecule has 146 valence electrons. The van der Waals surface area contributed by atoms with E-state index in [4.69, 9.17) is 11.6 Å². The molecule has 1 heterocycles. The van der Waals surface area contributed by atoms with Crippen molar-refractivity contribution in [1.82, 2.24) is 4.90 Å². The van der Waals surface area contributed by atoms with Gasteiger partial charge >= 0.3 is 0 Å². The molecule has 1 saturated heterocycles. The van der Waals surface area contributed by atoms with Crippen LogP contribution in [-0.4, -0.2) is 33.3 Å². The summed E-state index contributed by atoms with van der Waals surface area (Å²) in [5, 5.41) is 20.5. The summed E-state index contributed by atoms with van der Waals surface area (Å²) in [5.74, 6) is -2.53. The highest BCUT2D eigenvalue weighted by Gasteiger charge is 2.45. The van der Waals surface area contributed by atoms with Crippen LogP contribution in [0.5, 0.6) is 5.75 Å². The molecule has 1 atom stereocenters. The average molecular weight is 404 g/mol. The van der Waals surface area contributed by atoms with Gasteiger partial charge in [-0.15, -0.1) is 0 Å². The molecule has 28 heavy (non-hydrogen) atoms. The van der Waals surface area contributed by atoms with Gasteiger partial charge < -0.3 is 15.1 Å². The number of benzene rings is 2. The second kappa shape index (κ2) is 8.02. The molecule has 0 spiro atoms. The molecule has 0 saturated carbocycles. The van der Waals surface area contributed by atoms with Crippen molar-refractivity contribution in [2.24, 2.45) is 0 Å². The summed E-state index contributed by atoms with van der Waals surface area (Å²) in [6.07, 6.45) is 1.48. The van der Waals surface area contributed by atoms with Crippen molar-refractivity contribution >= 4 is 29.1 Å². The van der Waals surface area contributed by atoms with Crippen LogP contribution < -0.4 is 0 Å². The number of Topliss-reactive ketones (excluding diaryl/α,β-unsaturated/α-hetero) is 1. The first-order chi connectivity index (χ1) is 13.3. The third-order valence-electron chi connectivity index (χ3n) is 4.70. The van der Waals surface area contributed by atoms with E-state index in [1.165, 1.54) is 29.2 Å². The van der Waals surface area contributed by atoms with Gasteiger partial charge in [0, 0.05) is 12.1 Å². The van der Waals surface area contributed by atoms with Gasteiger partial charge in [0.05, 0.1) is 16.6 Å². The van der Waals surface area contributed by atoms with Gasteiger partial charge in [-0.2, -0.15) is 0 Å². The molecule has 3 rings (SSSR count). The lowest BCUT2D eigenvalue weighted by Gasteiger charge is -2.25. The Kier molecular flexibility index (Phi) is 5.70. The molecule has 2 aromatic rings. The Labute approximate surface area is 166 Å². The van der Waals surface area contributed by atoms with E-state index in [0.717, 1.165) is 18.6 Å². The number of amides is 1. The quantitative estimate of drug-likeness (QED) is 0.440. The Balaban J connectivity index is 2.17. The normalized spacial score (nSPS) is 18.7. The number of hydrogen-bond donors (Lipinski definition) is 2. The molecule has 0 aliphatic carbocycles. The fourth-order valence-corrected chi connectivity index (χ4v) is 3.43. The van der Waals surface area contributed by atoms with Crippen LogP contribution >= 0.6 is 11.6 Å². The largest absolute Gasteiger partial charge is 0.507 e. The smallest absolute Gasteiger partial charge is 0.295 e. The van der Waals surface area contributed by atoms with E-state index in [1.54, 1.807) is 6.07 Å². The molecule has 1 aliphatic heterocycles. The number of aliphatic hydroxyl groups is 1. The van der Waals surface area contributed by atoms with Gasteiger partial charge in [0.25, 0.3) is 11.7 Å². The van der Waals surface area contributed by atoms with Gasteiger partial charge in [-0.05, 0) is 48.4 Å². The number of aliphatic hydroxyl groups excluding tert-OH is 1. The van der Waals surface area contributed by atoms with Crippen LogP contribution in [0.25, 0.3) is 5.76 Å². The van der Waals surface area contributed by atoms with Crippen LogP contribution in [0.4, 0.5) is 4.39 Å². The Morgan fingerprint density at radius 1 is 1.18 bits per heavy atom. The summed E-state index contributed by atoms with van der Waals surface area (Å²) in [4.78, 5) is 26.8. The molecular formula is C21H19ClFNO4. The zero-order valence-corrected chi connectivity index (χ0v) is 15.9. The van der Waals surface area contributed by atoms with Crippen LogP contribution in [0.15, 0.2) is 48.0 Å². The summed E-state index contributed by atoms with van der Waals surface area (Å²) in [6, 6.07) is 8.53. The summed E-state index contributed by atoms with van der Waals surface area (Å²) in [6.45, 7) is 2.28. The topological polar surface area (TPSA) is 77.8 Å². The van der Waals surface area contributed by atoms with E-state index in [1.807, 2.05) is 6.92 Å². The van der Waals surface area contributed by atoms with E-state index in [2.05, 4.69) is 0 Å². The Morgan fingerprint density at radius 2 is 1.86 bits per heavy atom. The third-order valence-corrected chi connectivity index (χ3v) is 5.00. The highest BCUT2D eigenvalue weighted by Crippen LogP contribution is 2.41. The molecule has 0 bridgehead atoms. The zero-order valence-electron chi connectivity index (χ0n) is 15.2. The molecule has 7 heteroatoms. The summed E-state index contributed by atoms with van der Waals surface area (Å²) < 4.78 is 13.2. The first-order valence-electron chi connectivity index (χ1n) is 8.88. The van der Waals surface area contributed by atoms with Crippen molar-refractivity contribution in [2.75, 3.05) is 6.54 Å². The maximum Gasteiger partial charge on any atom is 0.295 e. The molecule has 1 fully saturated rings. The van der Waals surface area contributed by atoms with Gasteiger partial charge in [0.1, 0.15) is 17.3 Å². The van der Waals surface area contributed by atoms with Crippen LogP contribution in [0, 0.1) is 5.82 Å². The maximum atomic E-state index is 13.2. The van der Waals surface area contributed by atoms with Crippen LogP contribution in [-0.2, 0) is 9.59 Å². The van der Waals surface area contributed by atoms with Crippen molar-refractivity contribution in [3.63, 3.8) is 0 Å². The van der Waals surface area contributed by atoms with Crippen molar-refractivity contribution < 1.29 is 24.2 Å². The summed E-state index contributed by atoms with van der Waals surface area (Å²) in [7, 11) is 0. The molecule has 0 aromatic heterocycles. The third kappa shape index (κ3) is 3.60. The van der Waals surface area contributed by atoms with Crippen molar-refractivity contribution in [3.8, 4) is 5.75 Å². The molecule has 0 radical (unpaired) electrons. The first-order valence-corrected chi connectivity index (χ1v) is 9.25. The van der Waals surface area contributed by atoms with E-state index in [-0.39, 0.29) is 27.7 Å². The highest BCUT2D eigenvalue weighted by molar-refractivity contribution is 6.46. The number of phenolic OH excluding ortho intramolecular Hbond substituents is 1. The van der Waals surface area contributed by atoms with Gasteiger partial charge in [-0.3, -0.25) is 9.59 Å². The molecule has 2 aromatic carbocycles. The Bertz CT molecular complexity index is 955. The van der Waals surface area contributed by atoms with Crippen molar-refractivity contribution in [1.29, 1.82) is 0 Å². The van der Waals surface area contributed by atoms with Crippen LogP contribution in [0.3, 0.4) is 0 Å². The first kappa shape index (κ1) is 19.9. The number of rotatable bonds is 5. The minimum atomic E-state index is -0.852. The van der Waals surface area contributed by atoms with E-state index in [0.29, 0.717) is 18.5 Å². The lowest BCUT2D eigenvalue weighted by Crippen LogP contribution is -2.30. The SMILES string of the molecule is CCCCN1C(=O)C(=O)/C(=C(\O)c2ccc(F)cc2)C1c1ccc(O)c(Cl)c1. The van der Waals surface area contributed by atoms with E-state index >= 15 is 0 Å². The maximum absolute atomic E-state index is 13.2. The highest BCUT2D eigenvalue weighted by atomic mass is 35.5. The minimum absolute atomic E-state index is 0.0698. The number of halogens is 2. The van der Waals surface area contributed by atoms with Crippen LogP contribution in [0.1, 0.15) is 36.9 Å². The number of nitrogens with zero attached hydrogens (tertiary/aromatic N) is 1. The fourth-order valence-electron chi connectivity index (χ4n) is 3.24. The average Bonchev–Trinajstić information content (AvgIpc) is 2.93. The molecule has 1 amide bonds. The Morgan fingerprint density at radius 3 is 2.46 bits per heavy atom. The second-order valence-corrected chi connectivity index (χ2v) is 6.97. The van der Waals surface area contributed by atoms with Crippen molar-refractivity contribution in [2.45, 2.75) is 25.8 Å². The standard InChI is InChI=1S/C21H19ClFNO4/c1-2-3-10-24-18(13-6-9-16(25)15(22)11-13)17(20(27)21(24)28)19(26)12-4-7-14(23)8-5-12/h4-9,11,18,25-26H,2-3,10H2,1H3/b19-17-. The van der Waals surface area contributed by atoms with Crippen LogP contribution in [0.2, 0.25) is 5.02 Å². The van der Waals surface area contributed by atoms with Crippen molar-refractivity contribution in [3.05, 3.63) is 70.0 Å². The van der Waals surface area contributed by atoms with E-state index < -0.39 is 23.5 Å². The molecule has 1 aliphatic rings. The predicted octanol–water partition coefficient (Wildman–Crippen LogP) is 4.41. The number of carbonyl (C=O) groups is 2. The number of likely N-dealkylation sites (tertiary alicyclic amines) is 1. The summed E-state index contributed by atoms with van der Waals surface area (Å²) >= 11 is 6.02. The van der Waals surface area contributed by atoms with Gasteiger partial charge in [0.15, 0.2) is 0 Å². The predicted molar refractivity (Wildman–Crippen MR) is 103 cm³/mol. The molecular weight excluding hydrogens is 385 g/mol. The number of aromatic hydroxyl groups is 1. The number of phenols is 1.